The van der Waals surface area contributed by atoms with Gasteiger partial charge in [-0.1, -0.05) is 18.2 Å². The molecule has 2 aromatic carbocycles. The monoisotopic (exact) mass is 1330 g/mol. The van der Waals surface area contributed by atoms with Gasteiger partial charge in [-0.25, -0.2) is 29.9 Å². The van der Waals surface area contributed by atoms with E-state index in [1.54, 1.807) is 6.20 Å². The first-order chi connectivity index (χ1) is 48.9. The summed E-state index contributed by atoms with van der Waals surface area (Å²) in [5.74, 6) is 1.74. The molecule has 10 aromatic heterocycles. The summed E-state index contributed by atoms with van der Waals surface area (Å²) in [6.45, 7) is 12.7. The quantitative estimate of drug-likeness (QED) is 0.0550. The van der Waals surface area contributed by atoms with Gasteiger partial charge >= 0.3 is 0 Å². The second-order valence-corrected chi connectivity index (χ2v) is 25.9. The molecule has 18 rings (SSSR count). The van der Waals surface area contributed by atoms with Gasteiger partial charge < -0.3 is 62.1 Å². The minimum atomic E-state index is -0.203. The molecule has 0 unspecified atom stereocenters. The van der Waals surface area contributed by atoms with E-state index in [0.29, 0.717) is 59.5 Å². The number of piperidine rings is 2. The minimum Gasteiger partial charge on any atom is -0.393 e. The summed E-state index contributed by atoms with van der Waals surface area (Å²) in [4.78, 5) is 77.0. The average molecular weight is 1340 g/mol. The number of carbonyl (C=O) groups excluding carboxylic acids is 3. The molecule has 0 saturated carbocycles. The fourth-order valence-corrected chi connectivity index (χ4v) is 14.1. The number of nitrogens with zero attached hydrogens (tertiary/aromatic N) is 13. The molecule has 16 heterocycles. The van der Waals surface area contributed by atoms with E-state index in [1.807, 2.05) is 169 Å². The number of pyridine rings is 7. The number of hydrogen-bond donors (Lipinski definition) is 9. The third-order valence-corrected chi connectivity index (χ3v) is 19.5. The molecule has 25 nitrogen and oxygen atoms in total. The van der Waals surface area contributed by atoms with Crippen molar-refractivity contribution in [3.63, 3.8) is 0 Å². The van der Waals surface area contributed by atoms with Crippen molar-refractivity contribution in [1.82, 2.24) is 69.4 Å². The van der Waals surface area contributed by atoms with Crippen LogP contribution in [0.1, 0.15) is 84.6 Å². The molecule has 0 radical (unpaired) electrons. The normalized spacial score (nSPS) is 15.9. The van der Waals surface area contributed by atoms with Crippen LogP contribution in [0.4, 0.5) is 51.6 Å². The van der Waals surface area contributed by atoms with Gasteiger partial charge in [0.25, 0.3) is 17.7 Å². The third-order valence-electron chi connectivity index (χ3n) is 19.5. The first-order valence-corrected chi connectivity index (χ1v) is 33.9. The molecule has 3 amide bonds. The molecule has 12 aromatic rings. The minimum absolute atomic E-state index is 0.0903. The molecule has 25 heteroatoms. The summed E-state index contributed by atoms with van der Waals surface area (Å²) < 4.78 is 6.09. The molecule has 0 aliphatic carbocycles. The van der Waals surface area contributed by atoms with E-state index in [4.69, 9.17) is 4.98 Å². The van der Waals surface area contributed by atoms with Crippen LogP contribution >= 0.6 is 0 Å². The summed E-state index contributed by atoms with van der Waals surface area (Å²) in [6.07, 6.45) is 21.5. The predicted molar refractivity (Wildman–Crippen MR) is 385 cm³/mol. The number of rotatable bonds is 12. The van der Waals surface area contributed by atoms with E-state index in [2.05, 4.69) is 98.4 Å². The first kappa shape index (κ1) is 63.0. The number of hydrogen-bond acceptors (Lipinski definition) is 19. The van der Waals surface area contributed by atoms with E-state index in [0.717, 1.165) is 185 Å². The first-order valence-electron chi connectivity index (χ1n) is 33.9. The van der Waals surface area contributed by atoms with Gasteiger partial charge in [-0.05, 0) is 147 Å². The van der Waals surface area contributed by atoms with Crippen LogP contribution in [0, 0.1) is 13.8 Å². The number of amides is 3. The van der Waals surface area contributed by atoms with Gasteiger partial charge in [-0.15, -0.1) is 0 Å². The van der Waals surface area contributed by atoms with Crippen LogP contribution in [-0.4, -0.2) is 141 Å². The van der Waals surface area contributed by atoms with Gasteiger partial charge in [0, 0.05) is 107 Å². The Kier molecular flexibility index (Phi) is 16.9. The van der Waals surface area contributed by atoms with Crippen molar-refractivity contribution in [2.45, 2.75) is 71.4 Å². The second-order valence-electron chi connectivity index (χ2n) is 25.9. The molecular weight excluding hydrogens is 1260 g/mol. The Bertz CT molecular complexity index is 5090. The molecule has 504 valence electrons. The van der Waals surface area contributed by atoms with Crippen LogP contribution in [0.3, 0.4) is 0 Å². The molecular formula is C75H74N20O5. The molecule has 0 bridgehead atoms. The lowest BCUT2D eigenvalue weighted by atomic mass is 9.99. The SMILES string of the molecule is Cc1ccn2c(-c3ccc(Nc4ccc(N5CCC(O)CC5)cn4)c4c3CNC4=O)cnc2c1.Cc1ccn2c(-c3ncc(Nc4ccc(N5CCNCC5)cn4)c4c3CNC4=O)cnc2c1.O=C1NCc2c(-c3cnc4ccccn34)ccc(Nc3ccc(N4CCC(O)CC4)cn3)c21. The Morgan fingerprint density at radius 2 is 0.840 bits per heavy atom. The van der Waals surface area contributed by atoms with Crippen molar-refractivity contribution in [1.29, 1.82) is 0 Å². The highest BCUT2D eigenvalue weighted by atomic mass is 16.3. The Balaban J connectivity index is 0.000000117. The molecule has 3 saturated heterocycles. The molecule has 6 aliphatic rings. The number of aliphatic hydroxyl groups is 2. The number of imidazole rings is 3. The highest BCUT2D eigenvalue weighted by Gasteiger charge is 2.32. The van der Waals surface area contributed by atoms with Crippen molar-refractivity contribution in [2.24, 2.45) is 0 Å². The number of aryl methyl sites for hydroxylation is 2. The van der Waals surface area contributed by atoms with Gasteiger partial charge in [0.15, 0.2) is 0 Å². The molecule has 9 N–H and O–H groups in total. The van der Waals surface area contributed by atoms with Gasteiger partial charge in [0.05, 0.1) is 129 Å². The summed E-state index contributed by atoms with van der Waals surface area (Å²) in [5, 5.41) is 41.6. The van der Waals surface area contributed by atoms with Crippen LogP contribution < -0.4 is 51.9 Å². The fraction of sp³-hybridized carbons (Fsp3) is 0.253. The van der Waals surface area contributed by atoms with Crippen LogP contribution in [-0.2, 0) is 19.6 Å². The zero-order valence-corrected chi connectivity index (χ0v) is 55.3. The highest BCUT2D eigenvalue weighted by molar-refractivity contribution is 6.08. The molecule has 0 spiro atoms. The van der Waals surface area contributed by atoms with Crippen molar-refractivity contribution >= 4 is 86.2 Å². The highest BCUT2D eigenvalue weighted by Crippen LogP contribution is 2.39. The second kappa shape index (κ2) is 26.9. The van der Waals surface area contributed by atoms with E-state index >= 15 is 0 Å². The largest absolute Gasteiger partial charge is 0.393 e. The van der Waals surface area contributed by atoms with Crippen molar-refractivity contribution in [3.8, 4) is 33.9 Å². The summed E-state index contributed by atoms with van der Waals surface area (Å²) in [7, 11) is 0. The molecule has 3 fully saturated rings. The molecule has 0 atom stereocenters. The van der Waals surface area contributed by atoms with Crippen molar-refractivity contribution in [3.05, 3.63) is 210 Å². The van der Waals surface area contributed by atoms with E-state index in [-0.39, 0.29) is 29.9 Å². The van der Waals surface area contributed by atoms with Gasteiger partial charge in [0.1, 0.15) is 34.4 Å². The lowest BCUT2D eigenvalue weighted by molar-refractivity contribution is 0.0958. The Labute approximate surface area is 575 Å². The number of carbonyl (C=O) groups is 3. The summed E-state index contributed by atoms with van der Waals surface area (Å²) >= 11 is 0. The number of nitrogens with one attached hydrogen (secondary N) is 7. The van der Waals surface area contributed by atoms with Crippen LogP contribution in [0.5, 0.6) is 0 Å². The third kappa shape index (κ3) is 12.4. The smallest absolute Gasteiger partial charge is 0.254 e. The predicted octanol–water partition coefficient (Wildman–Crippen LogP) is 9.49. The molecule has 100 heavy (non-hydrogen) atoms. The van der Waals surface area contributed by atoms with Gasteiger partial charge in [-0.3, -0.25) is 32.6 Å². The van der Waals surface area contributed by atoms with Gasteiger partial charge in [0.2, 0.25) is 0 Å². The van der Waals surface area contributed by atoms with Crippen LogP contribution in [0.15, 0.2) is 165 Å². The lowest BCUT2D eigenvalue weighted by Crippen LogP contribution is -2.43. The van der Waals surface area contributed by atoms with E-state index < -0.39 is 0 Å². The zero-order chi connectivity index (χ0) is 68.0. The van der Waals surface area contributed by atoms with Crippen LogP contribution in [0.25, 0.3) is 50.8 Å². The maximum absolute atomic E-state index is 12.8. The van der Waals surface area contributed by atoms with E-state index in [1.165, 1.54) is 0 Å². The Morgan fingerprint density at radius 3 is 1.33 bits per heavy atom. The number of anilines is 9. The van der Waals surface area contributed by atoms with Gasteiger partial charge in [-0.2, -0.15) is 0 Å². The fourth-order valence-electron chi connectivity index (χ4n) is 14.1. The molecule has 6 aliphatic heterocycles. The van der Waals surface area contributed by atoms with E-state index in [9.17, 15) is 24.6 Å². The lowest BCUT2D eigenvalue weighted by Gasteiger charge is -2.31. The maximum Gasteiger partial charge on any atom is 0.254 e. The van der Waals surface area contributed by atoms with Crippen molar-refractivity contribution < 1.29 is 24.6 Å². The maximum atomic E-state index is 12.8. The number of piperazine rings is 1. The standard InChI is InChI=1S/C26H26N6O2.C25H24N6O2.C24H24N8O/c1-16-6-11-32-22(15-28-24(32)12-16)19-3-4-21(25-20(19)14-29-26(25)34)30-23-5-2-17(13-27-23)31-9-7-18(33)8-10-31;32-17-8-11-30(12-9-17)16-4-7-22(26-13-16)29-20-6-5-18(19-14-28-25(33)24(19)20)21-15-27-23-3-1-2-10-31(21)23;1-15-4-7-32-19(14-27-21(32)10-15)23-17-12-29-24(33)22(17)18(13-28-23)30-20-3-2-16(11-26-20)31-8-5-25-6-9-31/h2-6,11-13,15,18,33H,7-10,14H2,1H3,(H,27,30)(H,29,34);1-7,10,13,15,17,32H,8-9,11-12,14H2,(H,26,29)(H,28,33);2-4,7,10-11,13-14,25H,5-6,8-9,12H2,1H3,(H,26,30)(H,29,33). The van der Waals surface area contributed by atoms with Crippen molar-refractivity contribution in [2.75, 3.05) is 83.0 Å². The Morgan fingerprint density at radius 1 is 0.410 bits per heavy atom. The Hall–Kier alpha value is -11.8. The zero-order valence-electron chi connectivity index (χ0n) is 55.3. The number of aliphatic hydroxyl groups excluding tert-OH is 2. The summed E-state index contributed by atoms with van der Waals surface area (Å²) in [5.41, 5.74) is 20.4. The van der Waals surface area contributed by atoms with Crippen LogP contribution in [0.2, 0.25) is 0 Å². The number of fused-ring (bicyclic) bond motifs is 6. The summed E-state index contributed by atoms with van der Waals surface area (Å²) in [6, 6.07) is 33.9. The number of aromatic nitrogens is 10. The number of benzene rings is 2. The topological polar surface area (TPSA) is 289 Å². The average Bonchev–Trinajstić information content (AvgIpc) is 1.57.